The Kier molecular flexibility index (Phi) is 5.95. The summed E-state index contributed by atoms with van der Waals surface area (Å²) in [6.45, 7) is 0. The molecular weight excluding hydrogens is 489 g/mol. The third kappa shape index (κ3) is 3.76. The van der Waals surface area contributed by atoms with Gasteiger partial charge >= 0.3 is 23.7 Å². The van der Waals surface area contributed by atoms with E-state index in [1.54, 1.807) is 0 Å². The number of nitrogens with zero attached hydrogens (tertiary/aromatic N) is 2. The van der Waals surface area contributed by atoms with Crippen LogP contribution in [0.25, 0.3) is 0 Å². The monoisotopic (exact) mass is 494 g/mol. The SMILES string of the molecule is O=[N+]([O-])c1cc(C(c2cc([N+](=O)[O-])c(O)cc2Cl)(C(F)(F)F)C(F)(F)F)c(Cl)cc1O. The largest absolute Gasteiger partial charge is 0.502 e. The van der Waals surface area contributed by atoms with Crippen molar-refractivity contribution in [2.24, 2.45) is 0 Å². The maximum absolute atomic E-state index is 14.2. The van der Waals surface area contributed by atoms with Crippen molar-refractivity contribution in [3.05, 3.63) is 65.7 Å². The van der Waals surface area contributed by atoms with Gasteiger partial charge in [0.1, 0.15) is 0 Å². The van der Waals surface area contributed by atoms with Gasteiger partial charge in [0.05, 0.1) is 9.85 Å². The number of aromatic hydroxyl groups is 2. The lowest BCUT2D eigenvalue weighted by Gasteiger charge is -2.39. The summed E-state index contributed by atoms with van der Waals surface area (Å²) in [4.78, 5) is 19.1. The maximum Gasteiger partial charge on any atom is 0.411 e. The fourth-order valence-electron chi connectivity index (χ4n) is 2.89. The second-order valence-electron chi connectivity index (χ2n) is 5.90. The zero-order valence-corrected chi connectivity index (χ0v) is 15.8. The van der Waals surface area contributed by atoms with Gasteiger partial charge in [-0.25, -0.2) is 0 Å². The molecule has 2 aromatic carbocycles. The molecule has 0 heterocycles. The average Bonchev–Trinajstić information content (AvgIpc) is 2.55. The van der Waals surface area contributed by atoms with Gasteiger partial charge in [-0.3, -0.25) is 20.2 Å². The Hall–Kier alpha value is -3.00. The summed E-state index contributed by atoms with van der Waals surface area (Å²) < 4.78 is 85.0. The highest BCUT2D eigenvalue weighted by Crippen LogP contribution is 2.60. The van der Waals surface area contributed by atoms with Crippen LogP contribution in [0.3, 0.4) is 0 Å². The number of benzene rings is 2. The Bertz CT molecular complexity index is 1000. The van der Waals surface area contributed by atoms with Crippen LogP contribution in [0.5, 0.6) is 11.5 Å². The molecule has 0 fully saturated rings. The Labute approximate surface area is 176 Å². The van der Waals surface area contributed by atoms with Crippen molar-refractivity contribution in [2.45, 2.75) is 17.8 Å². The molecule has 0 bridgehead atoms. The van der Waals surface area contributed by atoms with Gasteiger partial charge in [-0.05, 0) is 0 Å². The molecular formula is C15H6Cl2F6N2O6. The number of rotatable bonds is 4. The Morgan fingerprint density at radius 2 is 1.00 bits per heavy atom. The van der Waals surface area contributed by atoms with Crippen LogP contribution in [-0.4, -0.2) is 32.4 Å². The molecule has 0 unspecified atom stereocenters. The summed E-state index contributed by atoms with van der Waals surface area (Å²) in [5.74, 6) is -2.67. The molecule has 31 heavy (non-hydrogen) atoms. The predicted octanol–water partition coefficient (Wildman–Crippen LogP) is 5.63. The smallest absolute Gasteiger partial charge is 0.411 e. The molecule has 2 N–H and O–H groups in total. The van der Waals surface area contributed by atoms with E-state index in [0.29, 0.717) is 0 Å². The van der Waals surface area contributed by atoms with Crippen LogP contribution < -0.4 is 0 Å². The minimum atomic E-state index is -6.37. The van der Waals surface area contributed by atoms with Crippen molar-refractivity contribution in [3.8, 4) is 11.5 Å². The Balaban J connectivity index is 3.21. The van der Waals surface area contributed by atoms with Crippen LogP contribution in [-0.2, 0) is 5.41 Å². The zero-order valence-electron chi connectivity index (χ0n) is 14.3. The Morgan fingerprint density at radius 1 is 0.710 bits per heavy atom. The molecule has 0 aromatic heterocycles. The molecule has 0 aliphatic carbocycles. The van der Waals surface area contributed by atoms with Crippen LogP contribution in [0.2, 0.25) is 10.0 Å². The Morgan fingerprint density at radius 3 is 1.23 bits per heavy atom. The summed E-state index contributed by atoms with van der Waals surface area (Å²) in [5.41, 5.74) is -12.3. The molecule has 16 heteroatoms. The van der Waals surface area contributed by atoms with Crippen LogP contribution in [0.15, 0.2) is 24.3 Å². The standard InChI is InChI=1S/C15H6Cl2F6N2O6/c16-7-3-11(26)9(24(28)29)1-5(7)13(14(18,19)20,15(21,22)23)6-2-10(25(30)31)12(27)4-8(6)17/h1-4,26-27H. The summed E-state index contributed by atoms with van der Waals surface area (Å²) in [7, 11) is 0. The van der Waals surface area contributed by atoms with Crippen LogP contribution in [0.4, 0.5) is 37.7 Å². The van der Waals surface area contributed by atoms with E-state index in [4.69, 9.17) is 23.2 Å². The first-order chi connectivity index (χ1) is 14.0. The first-order valence-corrected chi connectivity index (χ1v) is 8.20. The average molecular weight is 495 g/mol. The number of nitro benzene ring substituents is 2. The molecule has 0 saturated carbocycles. The predicted molar refractivity (Wildman–Crippen MR) is 92.4 cm³/mol. The lowest BCUT2D eigenvalue weighted by molar-refractivity contribution is -0.386. The molecule has 0 amide bonds. The van der Waals surface area contributed by atoms with Crippen LogP contribution >= 0.6 is 23.2 Å². The molecule has 0 aliphatic rings. The highest BCUT2D eigenvalue weighted by molar-refractivity contribution is 6.33. The molecule has 168 valence electrons. The molecule has 0 spiro atoms. The fraction of sp³-hybridized carbons (Fsp3) is 0.200. The van der Waals surface area contributed by atoms with Gasteiger partial charge < -0.3 is 10.2 Å². The van der Waals surface area contributed by atoms with Gasteiger partial charge in [-0.1, -0.05) is 23.2 Å². The molecule has 2 rings (SSSR count). The third-order valence-electron chi connectivity index (χ3n) is 4.18. The normalized spacial score (nSPS) is 12.6. The minimum Gasteiger partial charge on any atom is -0.502 e. The van der Waals surface area contributed by atoms with Crippen molar-refractivity contribution in [2.75, 3.05) is 0 Å². The molecule has 0 atom stereocenters. The van der Waals surface area contributed by atoms with Gasteiger partial charge in [0, 0.05) is 45.4 Å². The van der Waals surface area contributed by atoms with Crippen LogP contribution in [0.1, 0.15) is 11.1 Å². The number of hydrogen-bond donors (Lipinski definition) is 2. The van der Waals surface area contributed by atoms with Crippen molar-refractivity contribution < 1.29 is 46.4 Å². The van der Waals surface area contributed by atoms with E-state index in [-0.39, 0.29) is 24.3 Å². The highest BCUT2D eigenvalue weighted by atomic mass is 35.5. The number of alkyl halides is 6. The maximum atomic E-state index is 14.2. The topological polar surface area (TPSA) is 127 Å². The van der Waals surface area contributed by atoms with Gasteiger partial charge in [-0.15, -0.1) is 0 Å². The van der Waals surface area contributed by atoms with Crippen molar-refractivity contribution >= 4 is 34.6 Å². The van der Waals surface area contributed by atoms with E-state index < -0.39 is 71.7 Å². The minimum absolute atomic E-state index is 0.0873. The van der Waals surface area contributed by atoms with Crippen molar-refractivity contribution in [1.29, 1.82) is 0 Å². The van der Waals surface area contributed by atoms with Gasteiger partial charge in [0.25, 0.3) is 0 Å². The number of phenolic OH excluding ortho intramolecular Hbond substituents is 2. The first kappa shape index (κ1) is 24.3. The number of phenols is 2. The van der Waals surface area contributed by atoms with E-state index in [1.165, 1.54) is 0 Å². The highest BCUT2D eigenvalue weighted by Gasteiger charge is 2.74. The lowest BCUT2D eigenvalue weighted by Crippen LogP contribution is -2.55. The number of nitro groups is 2. The van der Waals surface area contributed by atoms with Crippen LogP contribution in [0, 0.1) is 20.2 Å². The lowest BCUT2D eigenvalue weighted by atomic mass is 9.72. The molecule has 2 aromatic rings. The summed E-state index contributed by atoms with van der Waals surface area (Å²) in [6, 6.07) is -0.338. The fourth-order valence-corrected chi connectivity index (χ4v) is 3.49. The quantitative estimate of drug-likeness (QED) is 0.322. The zero-order chi connectivity index (χ0) is 24.1. The first-order valence-electron chi connectivity index (χ1n) is 7.45. The number of halogens is 8. The third-order valence-corrected chi connectivity index (χ3v) is 4.81. The van der Waals surface area contributed by atoms with E-state index in [1.807, 2.05) is 0 Å². The molecule has 0 aliphatic heterocycles. The summed E-state index contributed by atoms with van der Waals surface area (Å²) in [6.07, 6.45) is -12.7. The summed E-state index contributed by atoms with van der Waals surface area (Å²) in [5, 5.41) is 38.2. The second-order valence-corrected chi connectivity index (χ2v) is 6.72. The summed E-state index contributed by atoms with van der Waals surface area (Å²) >= 11 is 11.1. The molecule has 0 radical (unpaired) electrons. The van der Waals surface area contributed by atoms with E-state index in [2.05, 4.69) is 0 Å². The number of hydrogen-bond acceptors (Lipinski definition) is 6. The van der Waals surface area contributed by atoms with Gasteiger partial charge in [0.2, 0.25) is 5.41 Å². The second kappa shape index (κ2) is 7.60. The van der Waals surface area contributed by atoms with Gasteiger partial charge in [-0.2, -0.15) is 26.3 Å². The van der Waals surface area contributed by atoms with Gasteiger partial charge in [0.15, 0.2) is 11.5 Å². The molecule has 8 nitrogen and oxygen atoms in total. The van der Waals surface area contributed by atoms with E-state index in [0.717, 1.165) is 0 Å². The van der Waals surface area contributed by atoms with E-state index >= 15 is 0 Å². The van der Waals surface area contributed by atoms with E-state index in [9.17, 15) is 56.8 Å². The van der Waals surface area contributed by atoms with Crippen molar-refractivity contribution in [1.82, 2.24) is 0 Å². The molecule has 0 saturated heterocycles. The van der Waals surface area contributed by atoms with Crippen molar-refractivity contribution in [3.63, 3.8) is 0 Å².